The van der Waals surface area contributed by atoms with Gasteiger partial charge in [-0.05, 0) is 52.8 Å². The molecule has 0 bridgehead atoms. The summed E-state index contributed by atoms with van der Waals surface area (Å²) in [6.45, 7) is 6.02. The van der Waals surface area contributed by atoms with Gasteiger partial charge in [-0.3, -0.25) is 14.5 Å². The second-order valence-electron chi connectivity index (χ2n) is 8.24. The molecule has 0 aliphatic carbocycles. The van der Waals surface area contributed by atoms with E-state index < -0.39 is 18.3 Å². The molecule has 2 N–H and O–H groups in total. The molecular formula is C22H26F2N4O3. The lowest BCUT2D eigenvalue weighted by Crippen LogP contribution is -2.51. The van der Waals surface area contributed by atoms with Crippen molar-refractivity contribution in [2.75, 3.05) is 0 Å². The Bertz CT molecular complexity index is 1090. The first kappa shape index (κ1) is 22.6. The number of rotatable bonds is 7. The summed E-state index contributed by atoms with van der Waals surface area (Å²) in [7, 11) is 0. The minimum atomic E-state index is -2.93. The number of alkyl halides is 2. The number of benzene rings is 1. The Morgan fingerprint density at radius 3 is 2.55 bits per heavy atom. The molecule has 0 unspecified atom stereocenters. The van der Waals surface area contributed by atoms with E-state index in [1.807, 2.05) is 13.8 Å². The van der Waals surface area contributed by atoms with Gasteiger partial charge in [0.05, 0.1) is 22.7 Å². The summed E-state index contributed by atoms with van der Waals surface area (Å²) in [4.78, 5) is 17.2. The van der Waals surface area contributed by atoms with E-state index in [0.717, 1.165) is 0 Å². The van der Waals surface area contributed by atoms with Crippen molar-refractivity contribution >= 4 is 16.9 Å². The standard InChI is InChI=1S/C22H26F2N4O3/c1-12(2)28-17-10-15(20(30)26-22(4,5)13(3)29)11-25-19(17)18(27-28)14-7-6-8-16(9-14)31-21(23)24/h6-13,21,29H,1-5H3,(H,26,30)/t13-/m0/s1. The number of hydrogen-bond acceptors (Lipinski definition) is 5. The Kier molecular flexibility index (Phi) is 6.26. The number of aliphatic hydroxyl groups is 1. The zero-order chi connectivity index (χ0) is 22.9. The Balaban J connectivity index is 2.06. The normalized spacial score (nSPS) is 13.1. The summed E-state index contributed by atoms with van der Waals surface area (Å²) in [5.74, 6) is -0.346. The third-order valence-electron chi connectivity index (χ3n) is 5.11. The molecule has 9 heteroatoms. The Morgan fingerprint density at radius 1 is 1.23 bits per heavy atom. The summed E-state index contributed by atoms with van der Waals surface area (Å²) < 4.78 is 31.4. The number of aromatic nitrogens is 3. The lowest BCUT2D eigenvalue weighted by Gasteiger charge is -2.29. The van der Waals surface area contributed by atoms with E-state index in [9.17, 15) is 18.7 Å². The van der Waals surface area contributed by atoms with Crippen LogP contribution in [0.2, 0.25) is 0 Å². The lowest BCUT2D eigenvalue weighted by molar-refractivity contribution is -0.0498. The molecule has 1 amide bonds. The van der Waals surface area contributed by atoms with Crippen molar-refractivity contribution in [3.63, 3.8) is 0 Å². The second-order valence-corrected chi connectivity index (χ2v) is 8.24. The highest BCUT2D eigenvalue weighted by Gasteiger charge is 2.27. The van der Waals surface area contributed by atoms with Gasteiger partial charge in [0.15, 0.2) is 0 Å². The highest BCUT2D eigenvalue weighted by atomic mass is 19.3. The maximum absolute atomic E-state index is 12.7. The third-order valence-corrected chi connectivity index (χ3v) is 5.11. The van der Waals surface area contributed by atoms with Crippen LogP contribution in [0.5, 0.6) is 5.75 Å². The summed E-state index contributed by atoms with van der Waals surface area (Å²) in [6.07, 6.45) is 0.689. The highest BCUT2D eigenvalue weighted by Crippen LogP contribution is 2.31. The quantitative estimate of drug-likeness (QED) is 0.585. The molecule has 0 spiro atoms. The molecule has 1 aromatic carbocycles. The van der Waals surface area contributed by atoms with Crippen LogP contribution in [0, 0.1) is 0 Å². The minimum absolute atomic E-state index is 0.0242. The summed E-state index contributed by atoms with van der Waals surface area (Å²) >= 11 is 0. The van der Waals surface area contributed by atoms with Crippen LogP contribution in [0.15, 0.2) is 36.5 Å². The van der Waals surface area contributed by atoms with E-state index in [1.54, 1.807) is 43.7 Å². The number of carbonyl (C=O) groups is 1. The molecule has 0 aliphatic heterocycles. The van der Waals surface area contributed by atoms with Gasteiger partial charge in [0.25, 0.3) is 5.91 Å². The first-order valence-electron chi connectivity index (χ1n) is 9.93. The van der Waals surface area contributed by atoms with Crippen LogP contribution in [0.25, 0.3) is 22.3 Å². The van der Waals surface area contributed by atoms with Gasteiger partial charge in [0.2, 0.25) is 0 Å². The van der Waals surface area contributed by atoms with Gasteiger partial charge in [-0.2, -0.15) is 13.9 Å². The van der Waals surface area contributed by atoms with E-state index in [1.165, 1.54) is 18.3 Å². The number of ether oxygens (including phenoxy) is 1. The van der Waals surface area contributed by atoms with Crippen LogP contribution in [0.1, 0.15) is 51.0 Å². The summed E-state index contributed by atoms with van der Waals surface area (Å²) in [5, 5.41) is 17.3. The van der Waals surface area contributed by atoms with Crippen molar-refractivity contribution in [2.24, 2.45) is 0 Å². The molecule has 0 saturated heterocycles. The Labute approximate surface area is 179 Å². The SMILES string of the molecule is CC(C)n1nc(-c2cccc(OC(F)F)c2)c2ncc(C(=O)NC(C)(C)[C@H](C)O)cc21. The number of nitrogens with zero attached hydrogens (tertiary/aromatic N) is 3. The van der Waals surface area contributed by atoms with E-state index in [2.05, 4.69) is 20.1 Å². The number of nitrogens with one attached hydrogen (secondary N) is 1. The predicted molar refractivity (Wildman–Crippen MR) is 113 cm³/mol. The van der Waals surface area contributed by atoms with Gasteiger partial charge in [0, 0.05) is 17.8 Å². The number of halogens is 2. The fourth-order valence-corrected chi connectivity index (χ4v) is 3.02. The van der Waals surface area contributed by atoms with Crippen molar-refractivity contribution in [1.82, 2.24) is 20.1 Å². The lowest BCUT2D eigenvalue weighted by atomic mass is 9.98. The number of amides is 1. The number of hydrogen-bond donors (Lipinski definition) is 2. The molecule has 3 rings (SSSR count). The first-order valence-corrected chi connectivity index (χ1v) is 9.93. The van der Waals surface area contributed by atoms with Gasteiger partial charge < -0.3 is 15.2 Å². The van der Waals surface area contributed by atoms with Gasteiger partial charge in [-0.25, -0.2) is 0 Å². The molecular weight excluding hydrogens is 406 g/mol. The van der Waals surface area contributed by atoms with E-state index >= 15 is 0 Å². The molecule has 0 fully saturated rings. The highest BCUT2D eigenvalue weighted by molar-refractivity contribution is 5.99. The molecule has 7 nitrogen and oxygen atoms in total. The largest absolute Gasteiger partial charge is 0.435 e. The molecule has 31 heavy (non-hydrogen) atoms. The first-order chi connectivity index (χ1) is 14.5. The molecule has 2 heterocycles. The van der Waals surface area contributed by atoms with Gasteiger partial charge >= 0.3 is 6.61 Å². The van der Waals surface area contributed by atoms with Crippen molar-refractivity contribution in [3.05, 3.63) is 42.1 Å². The minimum Gasteiger partial charge on any atom is -0.435 e. The van der Waals surface area contributed by atoms with Gasteiger partial charge in [0.1, 0.15) is 17.0 Å². The van der Waals surface area contributed by atoms with Crippen LogP contribution in [0.3, 0.4) is 0 Å². The molecule has 0 radical (unpaired) electrons. The van der Waals surface area contributed by atoms with Crippen LogP contribution < -0.4 is 10.1 Å². The van der Waals surface area contributed by atoms with Crippen LogP contribution in [-0.4, -0.2) is 44.0 Å². The van der Waals surface area contributed by atoms with Crippen LogP contribution >= 0.6 is 0 Å². The predicted octanol–water partition coefficient (Wildman–Crippen LogP) is 4.17. The topological polar surface area (TPSA) is 89.3 Å². The van der Waals surface area contributed by atoms with Crippen LogP contribution in [-0.2, 0) is 0 Å². The molecule has 1 atom stereocenters. The van der Waals surface area contributed by atoms with Gasteiger partial charge in [-0.1, -0.05) is 12.1 Å². The summed E-state index contributed by atoms with van der Waals surface area (Å²) in [5.41, 5.74) is 1.74. The average molecular weight is 432 g/mol. The second kappa shape index (κ2) is 8.58. The maximum Gasteiger partial charge on any atom is 0.387 e. The van der Waals surface area contributed by atoms with Gasteiger partial charge in [-0.15, -0.1) is 0 Å². The van der Waals surface area contributed by atoms with E-state index in [-0.39, 0.29) is 17.7 Å². The Morgan fingerprint density at radius 2 is 1.94 bits per heavy atom. The molecule has 3 aromatic rings. The Hall–Kier alpha value is -3.07. The van der Waals surface area contributed by atoms with E-state index in [4.69, 9.17) is 0 Å². The smallest absolute Gasteiger partial charge is 0.387 e. The fourth-order valence-electron chi connectivity index (χ4n) is 3.02. The molecule has 2 aromatic heterocycles. The van der Waals surface area contributed by atoms with Crippen molar-refractivity contribution in [3.8, 4) is 17.0 Å². The van der Waals surface area contributed by atoms with Crippen molar-refractivity contribution in [2.45, 2.75) is 58.9 Å². The van der Waals surface area contributed by atoms with Crippen molar-refractivity contribution < 1.29 is 23.4 Å². The number of fused-ring (bicyclic) bond motifs is 1. The number of pyridine rings is 1. The maximum atomic E-state index is 12.7. The third kappa shape index (κ3) is 4.82. The molecule has 0 aliphatic rings. The molecule has 166 valence electrons. The number of carbonyl (C=O) groups excluding carboxylic acids is 1. The average Bonchev–Trinajstić information content (AvgIpc) is 3.06. The monoisotopic (exact) mass is 432 g/mol. The fraction of sp³-hybridized carbons (Fsp3) is 0.409. The number of aliphatic hydroxyl groups excluding tert-OH is 1. The molecule has 0 saturated carbocycles. The zero-order valence-electron chi connectivity index (χ0n) is 18.1. The van der Waals surface area contributed by atoms with Crippen LogP contribution in [0.4, 0.5) is 8.78 Å². The van der Waals surface area contributed by atoms with Crippen molar-refractivity contribution in [1.29, 1.82) is 0 Å². The van der Waals surface area contributed by atoms with E-state index in [0.29, 0.717) is 27.9 Å². The zero-order valence-corrected chi connectivity index (χ0v) is 18.1. The summed E-state index contributed by atoms with van der Waals surface area (Å²) in [6, 6.07) is 7.91.